The van der Waals surface area contributed by atoms with Crippen molar-refractivity contribution in [3.63, 3.8) is 0 Å². The Bertz CT molecular complexity index is 758. The van der Waals surface area contributed by atoms with Crippen LogP contribution >= 0.6 is 11.6 Å². The lowest BCUT2D eigenvalue weighted by molar-refractivity contribution is 0.0926. The molecule has 1 aromatic heterocycles. The van der Waals surface area contributed by atoms with E-state index < -0.39 is 0 Å². The normalized spacial score (nSPS) is 28.4. The van der Waals surface area contributed by atoms with Crippen molar-refractivity contribution < 1.29 is 4.79 Å². The summed E-state index contributed by atoms with van der Waals surface area (Å²) in [6.07, 6.45) is 7.42. The number of amides is 1. The van der Waals surface area contributed by atoms with E-state index >= 15 is 0 Å². The largest absolute Gasteiger partial charge is 0.349 e. The van der Waals surface area contributed by atoms with E-state index in [1.165, 1.54) is 18.4 Å². The Morgan fingerprint density at radius 1 is 1.32 bits per heavy atom. The van der Waals surface area contributed by atoms with Crippen LogP contribution in [0.5, 0.6) is 0 Å². The van der Waals surface area contributed by atoms with Crippen molar-refractivity contribution in [1.82, 2.24) is 15.1 Å². The van der Waals surface area contributed by atoms with Crippen molar-refractivity contribution in [1.29, 1.82) is 0 Å². The van der Waals surface area contributed by atoms with Crippen LogP contribution < -0.4 is 5.32 Å². The zero-order valence-corrected chi connectivity index (χ0v) is 15.4. The molecule has 1 aromatic carbocycles. The van der Waals surface area contributed by atoms with Crippen LogP contribution in [0.1, 0.15) is 48.1 Å². The molecule has 2 fully saturated rings. The molecule has 2 aromatic rings. The van der Waals surface area contributed by atoms with Gasteiger partial charge in [-0.3, -0.25) is 9.48 Å². The van der Waals surface area contributed by atoms with E-state index in [9.17, 15) is 4.79 Å². The number of carbonyl (C=O) groups is 1. The molecule has 25 heavy (non-hydrogen) atoms. The minimum absolute atomic E-state index is 0.00717. The van der Waals surface area contributed by atoms with Gasteiger partial charge < -0.3 is 5.32 Å². The van der Waals surface area contributed by atoms with Gasteiger partial charge in [-0.2, -0.15) is 5.10 Å². The fourth-order valence-electron chi connectivity index (χ4n) is 4.63. The molecule has 2 saturated carbocycles. The molecule has 0 radical (unpaired) electrons. The molecule has 1 heterocycles. The fraction of sp³-hybridized carbons (Fsp3) is 0.500. The van der Waals surface area contributed by atoms with Crippen LogP contribution in [0.2, 0.25) is 5.02 Å². The van der Waals surface area contributed by atoms with E-state index in [2.05, 4.69) is 35.1 Å². The number of carbonyl (C=O) groups excluding carboxylic acids is 1. The van der Waals surface area contributed by atoms with Crippen molar-refractivity contribution in [2.45, 2.75) is 45.2 Å². The Hall–Kier alpha value is -1.81. The van der Waals surface area contributed by atoms with Crippen LogP contribution in [0.15, 0.2) is 36.7 Å². The van der Waals surface area contributed by atoms with Crippen molar-refractivity contribution >= 4 is 17.5 Å². The van der Waals surface area contributed by atoms with Crippen molar-refractivity contribution in [2.24, 2.45) is 17.8 Å². The van der Waals surface area contributed by atoms with Crippen molar-refractivity contribution in [3.8, 4) is 0 Å². The quantitative estimate of drug-likeness (QED) is 0.869. The van der Waals surface area contributed by atoms with Crippen LogP contribution in [-0.2, 0) is 0 Å². The van der Waals surface area contributed by atoms with Crippen LogP contribution in [0.25, 0.3) is 0 Å². The van der Waals surface area contributed by atoms with Gasteiger partial charge in [0.05, 0.1) is 12.2 Å². The number of hydrogen-bond donors (Lipinski definition) is 1. The first kappa shape index (κ1) is 16.6. The number of aryl methyl sites for hydroxylation is 1. The first-order valence-corrected chi connectivity index (χ1v) is 9.51. The molecular formula is C20H24ClN3O. The third-order valence-corrected chi connectivity index (χ3v) is 6.17. The summed E-state index contributed by atoms with van der Waals surface area (Å²) >= 11 is 5.90. The molecule has 4 rings (SSSR count). The van der Waals surface area contributed by atoms with Crippen LogP contribution in [0, 0.1) is 24.7 Å². The molecule has 0 saturated heterocycles. The molecule has 132 valence electrons. The lowest BCUT2D eigenvalue weighted by atomic mass is 9.99. The molecule has 5 heteroatoms. The first-order valence-electron chi connectivity index (χ1n) is 9.14. The maximum Gasteiger partial charge on any atom is 0.251 e. The van der Waals surface area contributed by atoms with Crippen molar-refractivity contribution in [3.05, 3.63) is 52.8 Å². The number of halogens is 1. The van der Waals surface area contributed by atoms with Crippen LogP contribution in [-0.4, -0.2) is 21.7 Å². The highest BCUT2D eigenvalue weighted by Crippen LogP contribution is 2.62. The Balaban J connectivity index is 1.36. The summed E-state index contributed by atoms with van der Waals surface area (Å²) in [5.41, 5.74) is 1.90. The summed E-state index contributed by atoms with van der Waals surface area (Å²) in [5.74, 6) is 2.08. The number of nitrogens with zero attached hydrogens (tertiary/aromatic N) is 2. The Kier molecular flexibility index (Phi) is 4.32. The average molecular weight is 358 g/mol. The number of fused-ring (bicyclic) bond motifs is 1. The Morgan fingerprint density at radius 3 is 2.56 bits per heavy atom. The Labute approximate surface area is 153 Å². The van der Waals surface area contributed by atoms with Gasteiger partial charge in [0.1, 0.15) is 0 Å². The summed E-state index contributed by atoms with van der Waals surface area (Å²) in [6, 6.07) is 7.89. The topological polar surface area (TPSA) is 46.9 Å². The standard InChI is InChI=1S/C20H24ClN3O/c1-3-18(23-20(25)13-4-6-14(21)7-5-13)19-16-8-15(9-17(16)19)24-11-12(2)10-22-24/h4-7,10-11,15-19H,3,8-9H2,1-2H3,(H,23,25)/t15?,16-,17+,18-,19?/m1/s1. The third-order valence-electron chi connectivity index (χ3n) is 5.92. The highest BCUT2D eigenvalue weighted by molar-refractivity contribution is 6.30. The first-order chi connectivity index (χ1) is 12.1. The minimum Gasteiger partial charge on any atom is -0.349 e. The van der Waals surface area contributed by atoms with Gasteiger partial charge in [-0.25, -0.2) is 0 Å². The van der Waals surface area contributed by atoms with E-state index in [1.807, 2.05) is 6.20 Å². The molecule has 2 aliphatic rings. The summed E-state index contributed by atoms with van der Waals surface area (Å²) < 4.78 is 2.13. The number of nitrogens with one attached hydrogen (secondary N) is 1. The molecule has 0 spiro atoms. The molecular weight excluding hydrogens is 334 g/mol. The molecule has 1 N–H and O–H groups in total. The Morgan fingerprint density at radius 2 is 2.00 bits per heavy atom. The predicted molar refractivity (Wildman–Crippen MR) is 98.7 cm³/mol. The molecule has 2 aliphatic carbocycles. The molecule has 2 unspecified atom stereocenters. The lowest BCUT2D eigenvalue weighted by Crippen LogP contribution is -2.37. The van der Waals surface area contributed by atoms with E-state index in [-0.39, 0.29) is 11.9 Å². The predicted octanol–water partition coefficient (Wildman–Crippen LogP) is 4.25. The SMILES string of the molecule is CC[C@@H](NC(=O)c1ccc(Cl)cc1)C1[C@H]2CC(n3cc(C)cn3)C[C@@H]12. The third kappa shape index (κ3) is 3.20. The molecule has 0 aliphatic heterocycles. The fourth-order valence-corrected chi connectivity index (χ4v) is 4.76. The van der Waals surface area contributed by atoms with Gasteiger partial charge in [0.2, 0.25) is 0 Å². The van der Waals surface area contributed by atoms with E-state index in [0.717, 1.165) is 18.3 Å². The summed E-state index contributed by atoms with van der Waals surface area (Å²) in [5, 5.41) is 8.37. The van der Waals surface area contributed by atoms with Crippen molar-refractivity contribution in [2.75, 3.05) is 0 Å². The minimum atomic E-state index is 0.00717. The van der Waals surface area contributed by atoms with E-state index in [4.69, 9.17) is 11.6 Å². The number of rotatable bonds is 5. The lowest BCUT2D eigenvalue weighted by Gasteiger charge is -2.22. The maximum absolute atomic E-state index is 12.5. The maximum atomic E-state index is 12.5. The van der Waals surface area contributed by atoms with Gasteiger partial charge in [0.15, 0.2) is 0 Å². The number of benzene rings is 1. The molecule has 5 atom stereocenters. The van der Waals surface area contributed by atoms with Gasteiger partial charge in [0.25, 0.3) is 5.91 Å². The highest BCUT2D eigenvalue weighted by atomic mass is 35.5. The summed E-state index contributed by atoms with van der Waals surface area (Å²) in [4.78, 5) is 12.5. The van der Waals surface area contributed by atoms with Gasteiger partial charge in [-0.05, 0) is 73.8 Å². The highest BCUT2D eigenvalue weighted by Gasteiger charge is 2.59. The molecule has 1 amide bonds. The second kappa shape index (κ2) is 6.49. The summed E-state index contributed by atoms with van der Waals surface area (Å²) in [6.45, 7) is 4.25. The van der Waals surface area contributed by atoms with Gasteiger partial charge in [-0.1, -0.05) is 18.5 Å². The zero-order chi connectivity index (χ0) is 17.6. The van der Waals surface area contributed by atoms with E-state index in [0.29, 0.717) is 22.5 Å². The van der Waals surface area contributed by atoms with Crippen LogP contribution in [0.4, 0.5) is 0 Å². The number of aromatic nitrogens is 2. The van der Waals surface area contributed by atoms with Gasteiger partial charge >= 0.3 is 0 Å². The van der Waals surface area contributed by atoms with Gasteiger partial charge in [-0.15, -0.1) is 0 Å². The van der Waals surface area contributed by atoms with Gasteiger partial charge in [0, 0.05) is 22.8 Å². The molecule has 4 nitrogen and oxygen atoms in total. The van der Waals surface area contributed by atoms with E-state index in [1.54, 1.807) is 24.3 Å². The second-order valence-electron chi connectivity index (χ2n) is 7.52. The molecule has 0 bridgehead atoms. The average Bonchev–Trinajstić information content (AvgIpc) is 2.95. The second-order valence-corrected chi connectivity index (χ2v) is 7.96. The zero-order valence-electron chi connectivity index (χ0n) is 14.7. The summed E-state index contributed by atoms with van der Waals surface area (Å²) in [7, 11) is 0. The number of hydrogen-bond acceptors (Lipinski definition) is 2. The van der Waals surface area contributed by atoms with Crippen LogP contribution in [0.3, 0.4) is 0 Å². The monoisotopic (exact) mass is 357 g/mol. The smallest absolute Gasteiger partial charge is 0.251 e.